The lowest BCUT2D eigenvalue weighted by atomic mass is 9.85. The smallest absolute Gasteiger partial charge is 0.169 e. The predicted molar refractivity (Wildman–Crippen MR) is 90.1 cm³/mol. The van der Waals surface area contributed by atoms with E-state index in [9.17, 15) is 9.50 Å². The van der Waals surface area contributed by atoms with Crippen molar-refractivity contribution in [1.82, 2.24) is 25.0 Å². The molecular weight excluding hydrogens is 321 g/mol. The van der Waals surface area contributed by atoms with Crippen LogP contribution in [0.5, 0.6) is 0 Å². The maximum absolute atomic E-state index is 14.4. The molecule has 4 rings (SSSR count). The van der Waals surface area contributed by atoms with Gasteiger partial charge >= 0.3 is 0 Å². The van der Waals surface area contributed by atoms with Crippen LogP contribution in [0, 0.1) is 17.7 Å². The van der Waals surface area contributed by atoms with E-state index in [2.05, 4.69) is 20.3 Å². The number of hydrogen-bond donors (Lipinski definition) is 1. The molecular formula is C18H24FN5O. The number of nitrogens with zero attached hydrogens (tertiary/aromatic N) is 5. The fourth-order valence-corrected chi connectivity index (χ4v) is 3.66. The largest absolute Gasteiger partial charge is 0.393 e. The first kappa shape index (κ1) is 16.6. The van der Waals surface area contributed by atoms with Crippen molar-refractivity contribution in [2.45, 2.75) is 57.5 Å². The standard InChI is InChI=1S/C18H24FN5O/c1-24-15(8-11-2-3-11)18(22-23-24)17-14(19)10-20-16(21-17)9-12-4-6-13(25)7-5-12/h10-13,25H,2-9H2,1H3. The van der Waals surface area contributed by atoms with Crippen molar-refractivity contribution in [1.29, 1.82) is 0 Å². The average molecular weight is 345 g/mol. The number of aromatic nitrogens is 5. The molecule has 0 spiro atoms. The van der Waals surface area contributed by atoms with Crippen LogP contribution in [-0.2, 0) is 19.9 Å². The van der Waals surface area contributed by atoms with E-state index < -0.39 is 5.82 Å². The summed E-state index contributed by atoms with van der Waals surface area (Å²) in [6.07, 6.45) is 8.70. The van der Waals surface area contributed by atoms with Gasteiger partial charge in [0, 0.05) is 13.5 Å². The van der Waals surface area contributed by atoms with Crippen molar-refractivity contribution >= 4 is 0 Å². The van der Waals surface area contributed by atoms with E-state index in [1.807, 2.05) is 7.05 Å². The third kappa shape index (κ3) is 3.71. The molecule has 134 valence electrons. The van der Waals surface area contributed by atoms with Gasteiger partial charge in [-0.05, 0) is 56.8 Å². The highest BCUT2D eigenvalue weighted by atomic mass is 19.1. The van der Waals surface area contributed by atoms with Crippen LogP contribution in [0.4, 0.5) is 4.39 Å². The number of hydrogen-bond acceptors (Lipinski definition) is 5. The minimum absolute atomic E-state index is 0.175. The topological polar surface area (TPSA) is 76.7 Å². The summed E-state index contributed by atoms with van der Waals surface area (Å²) in [5.74, 6) is 1.32. The maximum Gasteiger partial charge on any atom is 0.169 e. The molecule has 2 aromatic rings. The van der Waals surface area contributed by atoms with Crippen molar-refractivity contribution < 1.29 is 9.50 Å². The van der Waals surface area contributed by atoms with Crippen LogP contribution in [0.25, 0.3) is 11.4 Å². The minimum atomic E-state index is -0.444. The lowest BCUT2D eigenvalue weighted by Gasteiger charge is -2.24. The molecule has 0 atom stereocenters. The fraction of sp³-hybridized carbons (Fsp3) is 0.667. The van der Waals surface area contributed by atoms with Gasteiger partial charge in [-0.3, -0.25) is 4.68 Å². The number of halogens is 1. The van der Waals surface area contributed by atoms with Crippen LogP contribution in [0.1, 0.15) is 50.0 Å². The summed E-state index contributed by atoms with van der Waals surface area (Å²) in [6, 6.07) is 0. The first-order valence-corrected chi connectivity index (χ1v) is 9.18. The van der Waals surface area contributed by atoms with Gasteiger partial charge in [-0.15, -0.1) is 5.10 Å². The Labute approximate surface area is 146 Å². The van der Waals surface area contributed by atoms with Crippen molar-refractivity contribution in [3.05, 3.63) is 23.5 Å². The average Bonchev–Trinajstić information content (AvgIpc) is 3.35. The van der Waals surface area contributed by atoms with Crippen LogP contribution in [0.3, 0.4) is 0 Å². The maximum atomic E-state index is 14.4. The summed E-state index contributed by atoms with van der Waals surface area (Å²) in [7, 11) is 1.85. The lowest BCUT2D eigenvalue weighted by Crippen LogP contribution is -2.20. The Bertz CT molecular complexity index is 750. The molecule has 0 aliphatic heterocycles. The molecule has 1 N–H and O–H groups in total. The van der Waals surface area contributed by atoms with Gasteiger partial charge in [0.1, 0.15) is 17.2 Å². The molecule has 0 unspecified atom stereocenters. The van der Waals surface area contributed by atoms with Gasteiger partial charge in [0.25, 0.3) is 0 Å². The van der Waals surface area contributed by atoms with Crippen LogP contribution in [0.2, 0.25) is 0 Å². The van der Waals surface area contributed by atoms with Gasteiger partial charge < -0.3 is 5.11 Å². The normalized spacial score (nSPS) is 23.8. The van der Waals surface area contributed by atoms with E-state index in [1.165, 1.54) is 19.0 Å². The second kappa shape index (κ2) is 6.78. The van der Waals surface area contributed by atoms with Gasteiger partial charge in [0.05, 0.1) is 18.0 Å². The van der Waals surface area contributed by atoms with Crippen molar-refractivity contribution in [3.8, 4) is 11.4 Å². The summed E-state index contributed by atoms with van der Waals surface area (Å²) in [6.45, 7) is 0. The summed E-state index contributed by atoms with van der Waals surface area (Å²) in [4.78, 5) is 8.68. The van der Waals surface area contributed by atoms with Gasteiger partial charge in [-0.2, -0.15) is 0 Å². The van der Waals surface area contributed by atoms with E-state index in [0.717, 1.165) is 44.2 Å². The van der Waals surface area contributed by atoms with Crippen LogP contribution >= 0.6 is 0 Å². The zero-order valence-electron chi connectivity index (χ0n) is 14.5. The van der Waals surface area contributed by atoms with Crippen molar-refractivity contribution in [3.63, 3.8) is 0 Å². The Kier molecular flexibility index (Phi) is 4.50. The number of aryl methyl sites for hydroxylation is 1. The molecule has 2 aliphatic carbocycles. The van der Waals surface area contributed by atoms with Gasteiger partial charge in [-0.25, -0.2) is 14.4 Å². The molecule has 2 fully saturated rings. The Morgan fingerprint density at radius 1 is 1.08 bits per heavy atom. The Balaban J connectivity index is 1.57. The van der Waals surface area contributed by atoms with E-state index in [4.69, 9.17) is 0 Å². The molecule has 0 aromatic carbocycles. The lowest BCUT2D eigenvalue weighted by molar-refractivity contribution is 0.108. The molecule has 7 heteroatoms. The van der Waals surface area contributed by atoms with Crippen LogP contribution in [0.15, 0.2) is 6.20 Å². The predicted octanol–water partition coefficient (Wildman–Crippen LogP) is 2.46. The Morgan fingerprint density at radius 3 is 2.48 bits per heavy atom. The summed E-state index contributed by atoms with van der Waals surface area (Å²) in [5.41, 5.74) is 1.77. The minimum Gasteiger partial charge on any atom is -0.393 e. The summed E-state index contributed by atoms with van der Waals surface area (Å²) in [5, 5.41) is 17.9. The van der Waals surface area contributed by atoms with E-state index in [-0.39, 0.29) is 11.8 Å². The number of rotatable bonds is 5. The Morgan fingerprint density at radius 2 is 1.76 bits per heavy atom. The number of aliphatic hydroxyl groups excluding tert-OH is 1. The zero-order valence-corrected chi connectivity index (χ0v) is 14.5. The Hall–Kier alpha value is -1.89. The van der Waals surface area contributed by atoms with Gasteiger partial charge in [0.2, 0.25) is 0 Å². The molecule has 2 heterocycles. The summed E-state index contributed by atoms with van der Waals surface area (Å²) >= 11 is 0. The molecule has 25 heavy (non-hydrogen) atoms. The second-order valence-electron chi connectivity index (χ2n) is 7.52. The van der Waals surface area contributed by atoms with Gasteiger partial charge in [0.15, 0.2) is 5.82 Å². The van der Waals surface area contributed by atoms with E-state index >= 15 is 0 Å². The second-order valence-corrected chi connectivity index (χ2v) is 7.52. The molecule has 0 radical (unpaired) electrons. The third-order valence-corrected chi connectivity index (χ3v) is 5.43. The van der Waals surface area contributed by atoms with Crippen molar-refractivity contribution in [2.24, 2.45) is 18.9 Å². The monoisotopic (exact) mass is 345 g/mol. The molecule has 0 saturated heterocycles. The highest BCUT2D eigenvalue weighted by Gasteiger charge is 2.28. The SMILES string of the molecule is Cn1nnc(-c2nc(CC3CCC(O)CC3)ncc2F)c1CC1CC1. The molecule has 0 bridgehead atoms. The molecule has 2 saturated carbocycles. The summed E-state index contributed by atoms with van der Waals surface area (Å²) < 4.78 is 16.1. The number of aliphatic hydroxyl groups is 1. The van der Waals surface area contributed by atoms with Crippen molar-refractivity contribution in [2.75, 3.05) is 0 Å². The van der Waals surface area contributed by atoms with E-state index in [0.29, 0.717) is 23.4 Å². The highest BCUT2D eigenvalue weighted by molar-refractivity contribution is 5.57. The molecule has 2 aliphatic rings. The third-order valence-electron chi connectivity index (χ3n) is 5.43. The van der Waals surface area contributed by atoms with Crippen LogP contribution in [-0.4, -0.2) is 36.2 Å². The molecule has 0 amide bonds. The fourth-order valence-electron chi connectivity index (χ4n) is 3.66. The molecule has 6 nitrogen and oxygen atoms in total. The van der Waals surface area contributed by atoms with E-state index in [1.54, 1.807) is 4.68 Å². The molecule has 2 aromatic heterocycles. The first-order chi connectivity index (χ1) is 12.1. The van der Waals surface area contributed by atoms with Gasteiger partial charge in [-0.1, -0.05) is 5.21 Å². The highest BCUT2D eigenvalue weighted by Crippen LogP contribution is 2.35. The van der Waals surface area contributed by atoms with Crippen LogP contribution < -0.4 is 0 Å². The quantitative estimate of drug-likeness (QED) is 0.901. The zero-order chi connectivity index (χ0) is 17.4. The first-order valence-electron chi connectivity index (χ1n) is 9.18.